The van der Waals surface area contributed by atoms with Crippen molar-refractivity contribution in [2.45, 2.75) is 6.36 Å². The Balaban J connectivity index is -0.000000320. The normalized spacial score (nSPS) is 13.5. The average molecular weight is 180 g/mol. The Labute approximate surface area is 81.1 Å². The Morgan fingerprint density at radius 2 is 2.20 bits per heavy atom. The monoisotopic (exact) mass is 180 g/mol. The summed E-state index contributed by atoms with van der Waals surface area (Å²) in [5.41, 5.74) is 0. The van der Waals surface area contributed by atoms with Crippen molar-refractivity contribution in [3.8, 4) is 0 Å². The maximum Gasteiger partial charge on any atom is 1.00 e. The van der Waals surface area contributed by atoms with Gasteiger partial charge in [-0.15, -0.1) is 0 Å². The van der Waals surface area contributed by atoms with Crippen LogP contribution >= 0.6 is 7.82 Å². The van der Waals surface area contributed by atoms with E-state index in [1.165, 1.54) is 0 Å². The van der Waals surface area contributed by atoms with E-state index in [2.05, 4.69) is 11.1 Å². The second-order valence-electron chi connectivity index (χ2n) is 1.18. The minimum Gasteiger partial charge on any atom is -1.00 e. The van der Waals surface area contributed by atoms with Gasteiger partial charge in [0.2, 0.25) is 6.36 Å². The molecule has 0 aliphatic heterocycles. The zero-order chi connectivity index (χ0) is 7.49. The summed E-state index contributed by atoms with van der Waals surface area (Å²) in [4.78, 5) is 15.8. The zero-order valence-corrected chi connectivity index (χ0v) is 8.29. The number of rotatable bonds is 3. The quantitative estimate of drug-likeness (QED) is 0.291. The maximum absolute atomic E-state index is 11.8. The SMILES string of the molecule is C=CC(F)OP(=O)(O)O.[H-].[Na+]. The van der Waals surface area contributed by atoms with Crippen molar-refractivity contribution in [2.24, 2.45) is 0 Å². The van der Waals surface area contributed by atoms with Crippen molar-refractivity contribution in [3.63, 3.8) is 0 Å². The number of halogens is 1. The summed E-state index contributed by atoms with van der Waals surface area (Å²) >= 11 is 0. The third-order valence-electron chi connectivity index (χ3n) is 0.423. The fourth-order valence-corrected chi connectivity index (χ4v) is 0.523. The molecule has 1 atom stereocenters. The Hall–Kier alpha value is 0.780. The van der Waals surface area contributed by atoms with Crippen LogP contribution in [0.3, 0.4) is 0 Å². The largest absolute Gasteiger partial charge is 1.00 e. The molecule has 0 aromatic carbocycles. The molecule has 0 rings (SSSR count). The van der Waals surface area contributed by atoms with E-state index in [-0.39, 0.29) is 31.0 Å². The molecule has 0 amide bonds. The van der Waals surface area contributed by atoms with Crippen molar-refractivity contribution in [1.82, 2.24) is 0 Å². The number of alkyl halides is 1. The van der Waals surface area contributed by atoms with Gasteiger partial charge in [0.15, 0.2) is 0 Å². The molecule has 56 valence electrons. The molecule has 0 aromatic heterocycles. The summed E-state index contributed by atoms with van der Waals surface area (Å²) < 4.78 is 25.0. The van der Waals surface area contributed by atoms with Crippen molar-refractivity contribution >= 4 is 7.82 Å². The summed E-state index contributed by atoms with van der Waals surface area (Å²) in [7, 11) is -4.68. The van der Waals surface area contributed by atoms with Gasteiger partial charge in [-0.05, 0) is 6.08 Å². The maximum atomic E-state index is 11.8. The van der Waals surface area contributed by atoms with Gasteiger partial charge in [-0.3, -0.25) is 0 Å². The van der Waals surface area contributed by atoms with Gasteiger partial charge in [0, 0.05) is 0 Å². The molecule has 4 nitrogen and oxygen atoms in total. The molecule has 0 aromatic rings. The summed E-state index contributed by atoms with van der Waals surface area (Å²) in [6.45, 7) is 2.90. The van der Waals surface area contributed by atoms with E-state index in [0.717, 1.165) is 0 Å². The molecular formula is C3H7FNaO4P. The predicted molar refractivity (Wildman–Crippen MR) is 29.3 cm³/mol. The molecule has 1 unspecified atom stereocenters. The second kappa shape index (κ2) is 5.43. The molecule has 7 heteroatoms. The number of phosphoric ester groups is 1. The van der Waals surface area contributed by atoms with Gasteiger partial charge in [-0.1, -0.05) is 6.58 Å². The summed E-state index contributed by atoms with van der Waals surface area (Å²) in [6, 6.07) is 0. The molecule has 2 N–H and O–H groups in total. The first-order chi connectivity index (χ1) is 3.95. The first-order valence-electron chi connectivity index (χ1n) is 1.96. The number of hydrogen-bond acceptors (Lipinski definition) is 2. The first kappa shape index (κ1) is 13.4. The molecule has 0 spiro atoms. The molecule has 0 bridgehead atoms. The number of phosphoric acid groups is 1. The molecule has 0 heterocycles. The van der Waals surface area contributed by atoms with Crippen LogP contribution in [0.5, 0.6) is 0 Å². The first-order valence-corrected chi connectivity index (χ1v) is 3.49. The van der Waals surface area contributed by atoms with Gasteiger partial charge in [-0.2, -0.15) is 0 Å². The van der Waals surface area contributed by atoms with Crippen LogP contribution in [0.15, 0.2) is 12.7 Å². The predicted octanol–water partition coefficient (Wildman–Crippen LogP) is -2.31. The minimum atomic E-state index is -4.68. The molecule has 0 aliphatic carbocycles. The summed E-state index contributed by atoms with van der Waals surface area (Å²) in [5, 5.41) is 0. The van der Waals surface area contributed by atoms with Crippen LogP contribution in [0.2, 0.25) is 0 Å². The van der Waals surface area contributed by atoms with Crippen LogP contribution in [-0.2, 0) is 9.09 Å². The fraction of sp³-hybridized carbons (Fsp3) is 0.333. The van der Waals surface area contributed by atoms with Crippen LogP contribution in [0, 0.1) is 0 Å². The molecule has 0 fully saturated rings. The van der Waals surface area contributed by atoms with E-state index in [1.807, 2.05) is 0 Å². The Bertz CT molecular complexity index is 150. The van der Waals surface area contributed by atoms with Crippen molar-refractivity contribution in [1.29, 1.82) is 0 Å². The standard InChI is InChI=1S/C3H6FO4P.Na.H/c1-2-3(4)8-9(5,6)7;;/h2-3H,1H2,(H2,5,6,7);;/q;+1;-1. The minimum absolute atomic E-state index is 0. The average Bonchev–Trinajstić information content (AvgIpc) is 1.62. The van der Waals surface area contributed by atoms with Gasteiger partial charge in [-0.25, -0.2) is 13.5 Å². The Morgan fingerprint density at radius 3 is 2.30 bits per heavy atom. The van der Waals surface area contributed by atoms with E-state index < -0.39 is 14.2 Å². The Morgan fingerprint density at radius 1 is 1.80 bits per heavy atom. The molecule has 0 aliphatic rings. The van der Waals surface area contributed by atoms with Crippen molar-refractivity contribution in [2.75, 3.05) is 0 Å². The van der Waals surface area contributed by atoms with Crippen LogP contribution in [0.1, 0.15) is 1.43 Å². The van der Waals surface area contributed by atoms with Gasteiger partial charge in [0.1, 0.15) is 0 Å². The topological polar surface area (TPSA) is 66.8 Å². The molecular weight excluding hydrogens is 173 g/mol. The van der Waals surface area contributed by atoms with Crippen molar-refractivity contribution in [3.05, 3.63) is 12.7 Å². The molecule has 0 saturated carbocycles. The van der Waals surface area contributed by atoms with Gasteiger partial charge >= 0.3 is 37.4 Å². The van der Waals surface area contributed by atoms with Gasteiger partial charge in [0.25, 0.3) is 0 Å². The van der Waals surface area contributed by atoms with Crippen LogP contribution in [0.25, 0.3) is 0 Å². The Kier molecular flexibility index (Phi) is 7.27. The second-order valence-corrected chi connectivity index (χ2v) is 2.37. The van der Waals surface area contributed by atoms with E-state index >= 15 is 0 Å². The van der Waals surface area contributed by atoms with Crippen LogP contribution in [0.4, 0.5) is 4.39 Å². The van der Waals surface area contributed by atoms with Gasteiger partial charge < -0.3 is 11.2 Å². The smallest absolute Gasteiger partial charge is 1.00 e. The molecule has 0 saturated heterocycles. The van der Waals surface area contributed by atoms with E-state index in [1.54, 1.807) is 0 Å². The molecule has 10 heavy (non-hydrogen) atoms. The zero-order valence-electron chi connectivity index (χ0n) is 6.40. The van der Waals surface area contributed by atoms with E-state index in [4.69, 9.17) is 9.79 Å². The fourth-order valence-electron chi connectivity index (χ4n) is 0.174. The van der Waals surface area contributed by atoms with Gasteiger partial charge in [0.05, 0.1) is 0 Å². The number of hydrogen-bond donors (Lipinski definition) is 2. The van der Waals surface area contributed by atoms with Crippen LogP contribution in [-0.4, -0.2) is 16.1 Å². The van der Waals surface area contributed by atoms with Crippen LogP contribution < -0.4 is 29.6 Å². The van der Waals surface area contributed by atoms with Crippen molar-refractivity contribution < 1.29 is 54.2 Å². The summed E-state index contributed by atoms with van der Waals surface area (Å²) in [6.07, 6.45) is -1.47. The summed E-state index contributed by atoms with van der Waals surface area (Å²) in [5.74, 6) is 0. The third kappa shape index (κ3) is 8.78. The van der Waals surface area contributed by atoms with E-state index in [0.29, 0.717) is 6.08 Å². The van der Waals surface area contributed by atoms with E-state index in [9.17, 15) is 8.96 Å². The third-order valence-corrected chi connectivity index (χ3v) is 0.899. The molecule has 0 radical (unpaired) electrons.